The Labute approximate surface area is 164 Å². The second kappa shape index (κ2) is 8.80. The Hall–Kier alpha value is -1.99. The molecule has 2 aromatic carbocycles. The van der Waals surface area contributed by atoms with Gasteiger partial charge in [0.05, 0.1) is 10.5 Å². The van der Waals surface area contributed by atoms with Crippen LogP contribution in [0.3, 0.4) is 0 Å². The summed E-state index contributed by atoms with van der Waals surface area (Å²) in [4.78, 5) is 13.8. The lowest BCUT2D eigenvalue weighted by Gasteiger charge is -2.40. The number of likely N-dealkylation sites (tertiary alicyclic amines) is 1. The van der Waals surface area contributed by atoms with E-state index in [0.717, 1.165) is 5.56 Å². The largest absolute Gasteiger partial charge is 0.445 e. The summed E-state index contributed by atoms with van der Waals surface area (Å²) in [6.45, 7) is 0.176. The zero-order chi connectivity index (χ0) is 19.4. The van der Waals surface area contributed by atoms with Gasteiger partial charge in [0, 0.05) is 6.54 Å². The average molecular weight is 440 g/mol. The lowest BCUT2D eigenvalue weighted by molar-refractivity contribution is -0.0408. The van der Waals surface area contributed by atoms with Gasteiger partial charge in [-0.2, -0.15) is 0 Å². The van der Waals surface area contributed by atoms with Gasteiger partial charge in [-0.3, -0.25) is 0 Å². The van der Waals surface area contributed by atoms with Crippen molar-refractivity contribution in [2.45, 2.75) is 37.8 Å². The summed E-state index contributed by atoms with van der Waals surface area (Å²) in [6, 6.07) is 13.0. The first-order chi connectivity index (χ1) is 13.0. The van der Waals surface area contributed by atoms with Crippen LogP contribution in [0.25, 0.3) is 0 Å². The number of carbonyl (C=O) groups excluding carboxylic acids is 1. The third-order valence-electron chi connectivity index (χ3n) is 4.71. The minimum atomic E-state index is -1.47. The van der Waals surface area contributed by atoms with Crippen LogP contribution >= 0.6 is 15.9 Å². The highest BCUT2D eigenvalue weighted by Gasteiger charge is 2.40. The quantitative estimate of drug-likeness (QED) is 0.774. The molecule has 1 amide bonds. The van der Waals surface area contributed by atoms with Gasteiger partial charge in [0.1, 0.15) is 24.7 Å². The van der Waals surface area contributed by atoms with E-state index in [1.165, 1.54) is 4.90 Å². The predicted octanol–water partition coefficient (Wildman–Crippen LogP) is 4.24. The van der Waals surface area contributed by atoms with E-state index in [-0.39, 0.29) is 30.5 Å². The van der Waals surface area contributed by atoms with E-state index in [1.54, 1.807) is 18.2 Å². The smallest absolute Gasteiger partial charge is 0.410 e. The van der Waals surface area contributed by atoms with Gasteiger partial charge in [-0.05, 0) is 46.0 Å². The van der Waals surface area contributed by atoms with E-state index < -0.39 is 30.2 Å². The van der Waals surface area contributed by atoms with E-state index in [1.807, 2.05) is 30.3 Å². The van der Waals surface area contributed by atoms with Crippen molar-refractivity contribution in [1.82, 2.24) is 4.90 Å². The lowest BCUT2D eigenvalue weighted by atomic mass is 9.92. The summed E-state index contributed by atoms with van der Waals surface area (Å²) in [6.07, 6.45) is -3.51. The molecule has 0 spiro atoms. The molecule has 144 valence electrons. The van der Waals surface area contributed by atoms with E-state index in [9.17, 15) is 18.7 Å². The maximum atomic E-state index is 14.3. The fourth-order valence-electron chi connectivity index (χ4n) is 3.22. The van der Waals surface area contributed by atoms with Crippen LogP contribution in [-0.4, -0.2) is 41.0 Å². The molecule has 1 saturated heterocycles. The number of aliphatic hydroxyl groups is 1. The molecule has 1 N–H and O–H groups in total. The first-order valence-corrected chi connectivity index (χ1v) is 9.49. The molecular formula is C20H20BrF2NO3. The minimum absolute atomic E-state index is 0.00665. The zero-order valence-corrected chi connectivity index (χ0v) is 16.1. The van der Waals surface area contributed by atoms with Crippen molar-refractivity contribution in [3.8, 4) is 0 Å². The molecule has 0 aliphatic carbocycles. The number of amides is 1. The molecule has 0 unspecified atom stereocenters. The number of hydrogen-bond donors (Lipinski definition) is 1. The SMILES string of the molecule is O=C(OCc1ccccc1)N1CC[C@@H](F)[C@H](O)[C@H]1Cc1cccc(Br)c1F. The number of carbonyl (C=O) groups is 1. The van der Waals surface area contributed by atoms with Gasteiger partial charge in [-0.15, -0.1) is 0 Å². The molecule has 3 atom stereocenters. The minimum Gasteiger partial charge on any atom is -0.445 e. The second-order valence-corrected chi connectivity index (χ2v) is 7.37. The van der Waals surface area contributed by atoms with Gasteiger partial charge in [-0.25, -0.2) is 13.6 Å². The van der Waals surface area contributed by atoms with Gasteiger partial charge in [0.2, 0.25) is 0 Å². The van der Waals surface area contributed by atoms with E-state index in [2.05, 4.69) is 15.9 Å². The Kier molecular flexibility index (Phi) is 6.44. The first-order valence-electron chi connectivity index (χ1n) is 8.69. The molecule has 27 heavy (non-hydrogen) atoms. The van der Waals surface area contributed by atoms with Crippen LogP contribution in [0.2, 0.25) is 0 Å². The molecule has 0 bridgehead atoms. The van der Waals surface area contributed by atoms with Crippen molar-refractivity contribution in [2.75, 3.05) is 6.54 Å². The van der Waals surface area contributed by atoms with Crippen molar-refractivity contribution in [3.63, 3.8) is 0 Å². The summed E-state index contributed by atoms with van der Waals surface area (Å²) in [7, 11) is 0. The third-order valence-corrected chi connectivity index (χ3v) is 5.32. The van der Waals surface area contributed by atoms with Gasteiger partial charge < -0.3 is 14.7 Å². The summed E-state index contributed by atoms with van der Waals surface area (Å²) >= 11 is 3.12. The molecular weight excluding hydrogens is 420 g/mol. The molecule has 3 rings (SSSR count). The van der Waals surface area contributed by atoms with Crippen LogP contribution < -0.4 is 0 Å². The summed E-state index contributed by atoms with van der Waals surface area (Å²) in [5.41, 5.74) is 1.12. The second-order valence-electron chi connectivity index (χ2n) is 6.51. The monoisotopic (exact) mass is 439 g/mol. The lowest BCUT2D eigenvalue weighted by Crippen LogP contribution is -2.56. The highest BCUT2D eigenvalue weighted by Crippen LogP contribution is 2.27. The number of aliphatic hydroxyl groups excluding tert-OH is 1. The first kappa shape index (κ1) is 19.8. The Bertz CT molecular complexity index is 790. The molecule has 0 aromatic heterocycles. The van der Waals surface area contributed by atoms with E-state index in [4.69, 9.17) is 4.74 Å². The third kappa shape index (κ3) is 4.65. The molecule has 0 saturated carbocycles. The molecule has 7 heteroatoms. The van der Waals surface area contributed by atoms with Crippen LogP contribution in [0.15, 0.2) is 53.0 Å². The number of halogens is 3. The van der Waals surface area contributed by atoms with E-state index in [0.29, 0.717) is 5.56 Å². The van der Waals surface area contributed by atoms with Crippen LogP contribution in [0, 0.1) is 5.82 Å². The fraction of sp³-hybridized carbons (Fsp3) is 0.350. The normalized spacial score (nSPS) is 22.5. The summed E-state index contributed by atoms with van der Waals surface area (Å²) < 4.78 is 34.0. The Morgan fingerprint density at radius 1 is 1.22 bits per heavy atom. The number of hydrogen-bond acceptors (Lipinski definition) is 3. The molecule has 2 aromatic rings. The number of nitrogens with zero attached hydrogens (tertiary/aromatic N) is 1. The molecule has 4 nitrogen and oxygen atoms in total. The maximum absolute atomic E-state index is 14.3. The number of alkyl halides is 1. The fourth-order valence-corrected chi connectivity index (χ4v) is 3.62. The predicted molar refractivity (Wildman–Crippen MR) is 100 cm³/mol. The maximum Gasteiger partial charge on any atom is 0.410 e. The number of piperidine rings is 1. The zero-order valence-electron chi connectivity index (χ0n) is 14.5. The molecule has 0 radical (unpaired) electrons. The van der Waals surface area contributed by atoms with Crippen molar-refractivity contribution in [1.29, 1.82) is 0 Å². The van der Waals surface area contributed by atoms with Gasteiger partial charge in [0.15, 0.2) is 0 Å². The Morgan fingerprint density at radius 3 is 2.70 bits per heavy atom. The van der Waals surface area contributed by atoms with Crippen LogP contribution in [0.1, 0.15) is 17.5 Å². The average Bonchev–Trinajstić information content (AvgIpc) is 2.68. The Morgan fingerprint density at radius 2 is 1.96 bits per heavy atom. The van der Waals surface area contributed by atoms with Crippen molar-refractivity contribution >= 4 is 22.0 Å². The van der Waals surface area contributed by atoms with Crippen molar-refractivity contribution < 1.29 is 23.4 Å². The molecule has 1 aliphatic heterocycles. The van der Waals surface area contributed by atoms with Gasteiger partial charge in [0.25, 0.3) is 0 Å². The van der Waals surface area contributed by atoms with Gasteiger partial charge >= 0.3 is 6.09 Å². The number of rotatable bonds is 4. The number of ether oxygens (including phenoxy) is 1. The Balaban J connectivity index is 1.75. The van der Waals surface area contributed by atoms with Crippen molar-refractivity contribution in [3.05, 3.63) is 69.9 Å². The van der Waals surface area contributed by atoms with E-state index >= 15 is 0 Å². The number of benzene rings is 2. The van der Waals surface area contributed by atoms with Crippen molar-refractivity contribution in [2.24, 2.45) is 0 Å². The van der Waals surface area contributed by atoms with Gasteiger partial charge in [-0.1, -0.05) is 42.5 Å². The highest BCUT2D eigenvalue weighted by molar-refractivity contribution is 9.10. The van der Waals surface area contributed by atoms with Crippen LogP contribution in [0.4, 0.5) is 13.6 Å². The molecule has 1 fully saturated rings. The summed E-state index contributed by atoms with van der Waals surface area (Å²) in [5.74, 6) is -0.483. The van der Waals surface area contributed by atoms with Crippen LogP contribution in [-0.2, 0) is 17.8 Å². The molecule has 1 heterocycles. The highest BCUT2D eigenvalue weighted by atomic mass is 79.9. The summed E-state index contributed by atoms with van der Waals surface area (Å²) in [5, 5.41) is 10.3. The van der Waals surface area contributed by atoms with Crippen LogP contribution in [0.5, 0.6) is 0 Å². The topological polar surface area (TPSA) is 49.8 Å². The standard InChI is InChI=1S/C20H20BrF2NO3/c21-15-8-4-7-14(18(15)23)11-17-19(25)16(22)9-10-24(17)20(26)27-12-13-5-2-1-3-6-13/h1-8,16-17,19,25H,9-12H2/t16-,17-,19+/m1/s1. The molecule has 1 aliphatic rings.